The Morgan fingerprint density at radius 2 is 1.60 bits per heavy atom. The van der Waals surface area contributed by atoms with Gasteiger partial charge in [-0.05, 0) is 48.8 Å². The third-order valence-electron chi connectivity index (χ3n) is 4.19. The van der Waals surface area contributed by atoms with Crippen molar-refractivity contribution in [3.05, 3.63) is 35.4 Å². The molecule has 0 aliphatic heterocycles. The molecule has 1 nitrogen and oxygen atoms in total. The Labute approximate surface area is 126 Å². The van der Waals surface area contributed by atoms with Crippen molar-refractivity contribution in [2.75, 3.05) is 6.54 Å². The Hall–Kier alpha value is -0.820. The molecule has 1 rings (SSSR count). The van der Waals surface area contributed by atoms with Crippen LogP contribution in [0, 0.1) is 5.92 Å². The molecule has 0 amide bonds. The molecule has 1 aromatic carbocycles. The zero-order valence-electron chi connectivity index (χ0n) is 14.1. The van der Waals surface area contributed by atoms with Gasteiger partial charge in [0.15, 0.2) is 0 Å². The lowest BCUT2D eigenvalue weighted by Crippen LogP contribution is -2.37. The van der Waals surface area contributed by atoms with Crippen LogP contribution in [0.3, 0.4) is 0 Å². The molecule has 2 atom stereocenters. The number of benzene rings is 1. The standard InChI is InChI=1S/C19H33N/c1-6-8-16(5)19(20-13-7-2)14-17-9-11-18(12-10-17)15(3)4/h9-12,15-16,19-20H,6-8,13-14H2,1-5H3. The molecule has 114 valence electrons. The highest BCUT2D eigenvalue weighted by atomic mass is 14.9. The first kappa shape index (κ1) is 17.2. The molecule has 0 fully saturated rings. The molecule has 0 heterocycles. The molecule has 0 bridgehead atoms. The van der Waals surface area contributed by atoms with Crippen LogP contribution in [0.4, 0.5) is 0 Å². The van der Waals surface area contributed by atoms with Crippen LogP contribution in [0.2, 0.25) is 0 Å². The zero-order valence-corrected chi connectivity index (χ0v) is 14.1. The van der Waals surface area contributed by atoms with Gasteiger partial charge < -0.3 is 5.32 Å². The van der Waals surface area contributed by atoms with Crippen molar-refractivity contribution in [3.8, 4) is 0 Å². The van der Waals surface area contributed by atoms with Crippen molar-refractivity contribution < 1.29 is 0 Å². The topological polar surface area (TPSA) is 12.0 Å². The number of hydrogen-bond donors (Lipinski definition) is 1. The molecule has 0 aliphatic rings. The van der Waals surface area contributed by atoms with E-state index in [4.69, 9.17) is 0 Å². The summed E-state index contributed by atoms with van der Waals surface area (Å²) in [6, 6.07) is 9.83. The van der Waals surface area contributed by atoms with E-state index in [1.165, 1.54) is 30.4 Å². The van der Waals surface area contributed by atoms with Gasteiger partial charge in [0, 0.05) is 6.04 Å². The lowest BCUT2D eigenvalue weighted by Gasteiger charge is -2.25. The average Bonchev–Trinajstić information content (AvgIpc) is 2.44. The molecule has 0 radical (unpaired) electrons. The first-order valence-electron chi connectivity index (χ1n) is 8.40. The van der Waals surface area contributed by atoms with E-state index in [0.29, 0.717) is 12.0 Å². The molecule has 1 heteroatoms. The summed E-state index contributed by atoms with van der Waals surface area (Å²) in [6.07, 6.45) is 4.95. The fraction of sp³-hybridized carbons (Fsp3) is 0.684. The van der Waals surface area contributed by atoms with Gasteiger partial charge in [0.25, 0.3) is 0 Å². The minimum absolute atomic E-state index is 0.611. The van der Waals surface area contributed by atoms with Crippen LogP contribution >= 0.6 is 0 Å². The second-order valence-corrected chi connectivity index (χ2v) is 6.43. The van der Waals surface area contributed by atoms with E-state index in [1.807, 2.05) is 0 Å². The summed E-state index contributed by atoms with van der Waals surface area (Å²) in [4.78, 5) is 0. The van der Waals surface area contributed by atoms with Gasteiger partial charge in [-0.3, -0.25) is 0 Å². The van der Waals surface area contributed by atoms with Crippen LogP contribution in [0.25, 0.3) is 0 Å². The average molecular weight is 275 g/mol. The Morgan fingerprint density at radius 1 is 0.950 bits per heavy atom. The van der Waals surface area contributed by atoms with E-state index in [0.717, 1.165) is 18.9 Å². The van der Waals surface area contributed by atoms with Gasteiger partial charge in [-0.2, -0.15) is 0 Å². The summed E-state index contributed by atoms with van der Waals surface area (Å²) in [5, 5.41) is 3.74. The van der Waals surface area contributed by atoms with E-state index >= 15 is 0 Å². The summed E-state index contributed by atoms with van der Waals surface area (Å²) in [5.41, 5.74) is 2.90. The van der Waals surface area contributed by atoms with Crippen molar-refractivity contribution in [2.45, 2.75) is 72.3 Å². The van der Waals surface area contributed by atoms with Crippen LogP contribution in [0.1, 0.15) is 70.9 Å². The van der Waals surface area contributed by atoms with Gasteiger partial charge in [0.05, 0.1) is 0 Å². The maximum absolute atomic E-state index is 3.74. The maximum Gasteiger partial charge on any atom is 0.0133 e. The van der Waals surface area contributed by atoms with Gasteiger partial charge >= 0.3 is 0 Å². The van der Waals surface area contributed by atoms with Gasteiger partial charge in [-0.25, -0.2) is 0 Å². The molecule has 2 unspecified atom stereocenters. The molecule has 0 spiro atoms. The molecule has 20 heavy (non-hydrogen) atoms. The molecule has 1 N–H and O–H groups in total. The SMILES string of the molecule is CCCNC(Cc1ccc(C(C)C)cc1)C(C)CCC. The largest absolute Gasteiger partial charge is 0.313 e. The van der Waals surface area contributed by atoms with E-state index < -0.39 is 0 Å². The van der Waals surface area contributed by atoms with Crippen molar-refractivity contribution in [3.63, 3.8) is 0 Å². The van der Waals surface area contributed by atoms with Gasteiger partial charge in [-0.1, -0.05) is 65.3 Å². The lowest BCUT2D eigenvalue weighted by molar-refractivity contribution is 0.352. The van der Waals surface area contributed by atoms with Gasteiger partial charge in [0.1, 0.15) is 0 Å². The smallest absolute Gasteiger partial charge is 0.0133 e. The van der Waals surface area contributed by atoms with Gasteiger partial charge in [0.2, 0.25) is 0 Å². The maximum atomic E-state index is 3.74. The summed E-state index contributed by atoms with van der Waals surface area (Å²) >= 11 is 0. The predicted molar refractivity (Wildman–Crippen MR) is 90.4 cm³/mol. The third-order valence-corrected chi connectivity index (χ3v) is 4.19. The Kier molecular flexibility index (Phi) is 7.91. The highest BCUT2D eigenvalue weighted by molar-refractivity contribution is 5.25. The van der Waals surface area contributed by atoms with Crippen LogP contribution in [0.15, 0.2) is 24.3 Å². The van der Waals surface area contributed by atoms with Crippen molar-refractivity contribution >= 4 is 0 Å². The second kappa shape index (κ2) is 9.18. The van der Waals surface area contributed by atoms with E-state index in [2.05, 4.69) is 64.2 Å². The normalized spacial score (nSPS) is 14.5. The Balaban J connectivity index is 2.67. The van der Waals surface area contributed by atoms with Gasteiger partial charge in [-0.15, -0.1) is 0 Å². The second-order valence-electron chi connectivity index (χ2n) is 6.43. The van der Waals surface area contributed by atoms with Crippen molar-refractivity contribution in [1.82, 2.24) is 5.32 Å². The molecule has 1 aromatic rings. The quantitative estimate of drug-likeness (QED) is 0.656. The summed E-state index contributed by atoms with van der Waals surface area (Å²) in [5.74, 6) is 1.37. The monoisotopic (exact) mass is 275 g/mol. The summed E-state index contributed by atoms with van der Waals surface area (Å²) < 4.78 is 0. The molecule has 0 saturated heterocycles. The molecular formula is C19H33N. The Bertz CT molecular complexity index is 353. The highest BCUT2D eigenvalue weighted by Gasteiger charge is 2.16. The first-order chi connectivity index (χ1) is 9.58. The number of rotatable bonds is 9. The van der Waals surface area contributed by atoms with Crippen LogP contribution in [-0.4, -0.2) is 12.6 Å². The summed E-state index contributed by atoms with van der Waals surface area (Å²) in [7, 11) is 0. The fourth-order valence-corrected chi connectivity index (χ4v) is 2.75. The minimum atomic E-state index is 0.611. The lowest BCUT2D eigenvalue weighted by atomic mass is 9.90. The van der Waals surface area contributed by atoms with Crippen molar-refractivity contribution in [2.24, 2.45) is 5.92 Å². The zero-order chi connectivity index (χ0) is 15.0. The number of nitrogens with one attached hydrogen (secondary N) is 1. The molecule has 0 saturated carbocycles. The highest BCUT2D eigenvalue weighted by Crippen LogP contribution is 2.19. The van der Waals surface area contributed by atoms with Crippen LogP contribution in [0.5, 0.6) is 0 Å². The fourth-order valence-electron chi connectivity index (χ4n) is 2.75. The van der Waals surface area contributed by atoms with E-state index in [1.54, 1.807) is 0 Å². The van der Waals surface area contributed by atoms with E-state index in [9.17, 15) is 0 Å². The summed E-state index contributed by atoms with van der Waals surface area (Å²) in [6.45, 7) is 12.5. The number of hydrogen-bond acceptors (Lipinski definition) is 1. The minimum Gasteiger partial charge on any atom is -0.313 e. The Morgan fingerprint density at radius 3 is 2.10 bits per heavy atom. The molecular weight excluding hydrogens is 242 g/mol. The van der Waals surface area contributed by atoms with Crippen LogP contribution in [-0.2, 0) is 6.42 Å². The van der Waals surface area contributed by atoms with Crippen LogP contribution < -0.4 is 5.32 Å². The van der Waals surface area contributed by atoms with E-state index in [-0.39, 0.29) is 0 Å². The third kappa shape index (κ3) is 5.66. The first-order valence-corrected chi connectivity index (χ1v) is 8.40. The van der Waals surface area contributed by atoms with Crippen molar-refractivity contribution in [1.29, 1.82) is 0 Å². The predicted octanol–water partition coefficient (Wildman–Crippen LogP) is 5.16. The molecule has 0 aliphatic carbocycles. The molecule has 0 aromatic heterocycles.